The largest absolute Gasteiger partial charge is 0.315 e. The third kappa shape index (κ3) is 2.90. The molecular formula is C24H18ClN3O2. The summed E-state index contributed by atoms with van der Waals surface area (Å²) in [6.45, 7) is 0. The number of amides is 1. The van der Waals surface area contributed by atoms with Gasteiger partial charge < -0.3 is 4.90 Å². The Balaban J connectivity index is 1.71. The third-order valence-electron chi connectivity index (χ3n) is 5.62. The van der Waals surface area contributed by atoms with Crippen LogP contribution in [0.15, 0.2) is 77.6 Å². The van der Waals surface area contributed by atoms with Gasteiger partial charge in [0.25, 0.3) is 5.56 Å². The van der Waals surface area contributed by atoms with Crippen LogP contribution in [0.1, 0.15) is 17.3 Å². The van der Waals surface area contributed by atoms with Gasteiger partial charge in [-0.3, -0.25) is 14.2 Å². The highest BCUT2D eigenvalue weighted by molar-refractivity contribution is 6.30. The predicted molar refractivity (Wildman–Crippen MR) is 119 cm³/mol. The first-order valence-corrected chi connectivity index (χ1v) is 10.1. The lowest BCUT2D eigenvalue weighted by Gasteiger charge is -2.16. The van der Waals surface area contributed by atoms with Gasteiger partial charge in [-0.05, 0) is 48.0 Å². The summed E-state index contributed by atoms with van der Waals surface area (Å²) in [4.78, 5) is 32.9. The molecule has 0 N–H and O–H groups in total. The number of nitrogens with zero attached hydrogens (tertiary/aromatic N) is 3. The molecule has 30 heavy (non-hydrogen) atoms. The summed E-state index contributed by atoms with van der Waals surface area (Å²) in [7, 11) is 1.78. The van der Waals surface area contributed by atoms with E-state index in [4.69, 9.17) is 16.6 Å². The van der Waals surface area contributed by atoms with E-state index in [2.05, 4.69) is 0 Å². The van der Waals surface area contributed by atoms with E-state index in [0.29, 0.717) is 33.9 Å². The van der Waals surface area contributed by atoms with Crippen molar-refractivity contribution in [3.05, 3.63) is 99.6 Å². The molecule has 3 aromatic carbocycles. The van der Waals surface area contributed by atoms with Crippen molar-refractivity contribution >= 4 is 34.1 Å². The van der Waals surface area contributed by atoms with Crippen LogP contribution < -0.4 is 10.5 Å². The molecule has 0 bridgehead atoms. The molecule has 1 aromatic heterocycles. The van der Waals surface area contributed by atoms with E-state index in [1.165, 1.54) is 0 Å². The van der Waals surface area contributed by atoms with Crippen LogP contribution in [0.2, 0.25) is 5.02 Å². The molecule has 1 aliphatic heterocycles. The van der Waals surface area contributed by atoms with Crippen molar-refractivity contribution in [1.29, 1.82) is 0 Å². The zero-order chi connectivity index (χ0) is 20.8. The van der Waals surface area contributed by atoms with Crippen LogP contribution in [0, 0.1) is 0 Å². The Labute approximate surface area is 178 Å². The third-order valence-corrected chi connectivity index (χ3v) is 5.87. The second-order valence-electron chi connectivity index (χ2n) is 7.37. The van der Waals surface area contributed by atoms with E-state index in [0.717, 1.165) is 11.3 Å². The minimum atomic E-state index is -0.391. The summed E-state index contributed by atoms with van der Waals surface area (Å²) in [5, 5.41) is 1.12. The van der Waals surface area contributed by atoms with Crippen LogP contribution in [-0.2, 0) is 11.2 Å². The van der Waals surface area contributed by atoms with E-state index in [1.54, 1.807) is 46.8 Å². The number of benzene rings is 3. The van der Waals surface area contributed by atoms with Crippen molar-refractivity contribution < 1.29 is 4.79 Å². The molecule has 148 valence electrons. The van der Waals surface area contributed by atoms with Crippen LogP contribution in [-0.4, -0.2) is 22.5 Å². The molecular weight excluding hydrogens is 398 g/mol. The topological polar surface area (TPSA) is 55.2 Å². The first kappa shape index (κ1) is 18.6. The molecule has 4 aromatic rings. The molecule has 0 spiro atoms. The van der Waals surface area contributed by atoms with Gasteiger partial charge in [0, 0.05) is 24.2 Å². The molecule has 1 unspecified atom stereocenters. The molecule has 1 aliphatic rings. The smallest absolute Gasteiger partial charge is 0.265 e. The van der Waals surface area contributed by atoms with Crippen molar-refractivity contribution in [3.63, 3.8) is 0 Å². The summed E-state index contributed by atoms with van der Waals surface area (Å²) < 4.78 is 1.59. The maximum Gasteiger partial charge on any atom is 0.265 e. The summed E-state index contributed by atoms with van der Waals surface area (Å²) in [6, 6.07) is 22.1. The minimum Gasteiger partial charge on any atom is -0.315 e. The number of halogens is 1. The number of rotatable bonds is 3. The van der Waals surface area contributed by atoms with Gasteiger partial charge in [-0.15, -0.1) is 0 Å². The average molecular weight is 416 g/mol. The maximum absolute atomic E-state index is 13.4. The normalized spacial score (nSPS) is 15.6. The predicted octanol–water partition coefficient (Wildman–Crippen LogP) is 4.34. The summed E-state index contributed by atoms with van der Waals surface area (Å²) >= 11 is 6.05. The highest BCUT2D eigenvalue weighted by Crippen LogP contribution is 2.38. The number of hydrogen-bond acceptors (Lipinski definition) is 3. The number of anilines is 1. The first-order valence-electron chi connectivity index (χ1n) is 9.67. The van der Waals surface area contributed by atoms with E-state index in [-0.39, 0.29) is 11.5 Å². The lowest BCUT2D eigenvalue weighted by molar-refractivity contribution is -0.119. The standard InChI is InChI=1S/C24H18ClN3O2/c1-27-21-9-5-3-6-17(21)19(23(27)29)14-22-26-20-8-4-2-7-18(20)24(30)28(22)16-12-10-15(25)11-13-16/h2-13,19H,14H2,1H3. The Morgan fingerprint density at radius 1 is 0.933 bits per heavy atom. The van der Waals surface area contributed by atoms with Gasteiger partial charge in [0.2, 0.25) is 5.91 Å². The Hall–Kier alpha value is -3.44. The molecule has 0 aliphatic carbocycles. The Bertz CT molecular complexity index is 1340. The Morgan fingerprint density at radius 3 is 2.43 bits per heavy atom. The van der Waals surface area contributed by atoms with Crippen molar-refractivity contribution in [2.75, 3.05) is 11.9 Å². The number of fused-ring (bicyclic) bond motifs is 2. The fourth-order valence-electron chi connectivity index (χ4n) is 4.13. The van der Waals surface area contributed by atoms with Gasteiger partial charge in [0.05, 0.1) is 22.5 Å². The Morgan fingerprint density at radius 2 is 1.63 bits per heavy atom. The molecule has 5 rings (SSSR count). The SMILES string of the molecule is CN1C(=O)C(Cc2nc3ccccc3c(=O)n2-c2ccc(Cl)cc2)c2ccccc21. The van der Waals surface area contributed by atoms with Gasteiger partial charge in [0.1, 0.15) is 5.82 Å². The molecule has 6 heteroatoms. The van der Waals surface area contributed by atoms with Crippen molar-refractivity contribution in [2.24, 2.45) is 0 Å². The maximum atomic E-state index is 13.4. The molecule has 2 heterocycles. The summed E-state index contributed by atoms with van der Waals surface area (Å²) in [5.74, 6) is 0.156. The molecule has 1 amide bonds. The molecule has 0 saturated heterocycles. The zero-order valence-electron chi connectivity index (χ0n) is 16.2. The monoisotopic (exact) mass is 415 g/mol. The molecule has 0 radical (unpaired) electrons. The van der Waals surface area contributed by atoms with Gasteiger partial charge in [-0.1, -0.05) is 41.9 Å². The zero-order valence-corrected chi connectivity index (χ0v) is 17.0. The van der Waals surface area contributed by atoms with E-state index >= 15 is 0 Å². The van der Waals surface area contributed by atoms with Gasteiger partial charge in [-0.25, -0.2) is 4.98 Å². The van der Waals surface area contributed by atoms with Crippen molar-refractivity contribution in [2.45, 2.75) is 12.3 Å². The van der Waals surface area contributed by atoms with E-state index in [1.807, 2.05) is 42.5 Å². The quantitative estimate of drug-likeness (QED) is 0.500. The highest BCUT2D eigenvalue weighted by atomic mass is 35.5. The fraction of sp³-hybridized carbons (Fsp3) is 0.125. The lowest BCUT2D eigenvalue weighted by atomic mass is 9.96. The number of aromatic nitrogens is 2. The number of para-hydroxylation sites is 2. The second-order valence-corrected chi connectivity index (χ2v) is 7.81. The van der Waals surface area contributed by atoms with Crippen LogP contribution in [0.3, 0.4) is 0 Å². The molecule has 5 nitrogen and oxygen atoms in total. The van der Waals surface area contributed by atoms with Crippen LogP contribution in [0.4, 0.5) is 5.69 Å². The number of likely N-dealkylation sites (N-methyl/N-ethyl adjacent to an activating group) is 1. The van der Waals surface area contributed by atoms with E-state index < -0.39 is 5.92 Å². The summed E-state index contributed by atoms with van der Waals surface area (Å²) in [6.07, 6.45) is 0.322. The number of carbonyl (C=O) groups is 1. The number of carbonyl (C=O) groups excluding carboxylic acids is 1. The number of hydrogen-bond donors (Lipinski definition) is 0. The van der Waals surface area contributed by atoms with Crippen molar-refractivity contribution in [1.82, 2.24) is 9.55 Å². The molecule has 0 saturated carbocycles. The van der Waals surface area contributed by atoms with Crippen molar-refractivity contribution in [3.8, 4) is 5.69 Å². The van der Waals surface area contributed by atoms with Gasteiger partial charge in [0.15, 0.2) is 0 Å². The summed E-state index contributed by atoms with van der Waals surface area (Å²) in [5.41, 5.74) is 2.98. The van der Waals surface area contributed by atoms with Gasteiger partial charge >= 0.3 is 0 Å². The minimum absolute atomic E-state index is 0.00117. The fourth-order valence-corrected chi connectivity index (χ4v) is 4.25. The van der Waals surface area contributed by atoms with Crippen LogP contribution in [0.25, 0.3) is 16.6 Å². The highest BCUT2D eigenvalue weighted by Gasteiger charge is 2.36. The first-order chi connectivity index (χ1) is 14.5. The van der Waals surface area contributed by atoms with E-state index in [9.17, 15) is 9.59 Å². The average Bonchev–Trinajstić information content (AvgIpc) is 3.00. The molecule has 1 atom stereocenters. The van der Waals surface area contributed by atoms with Crippen LogP contribution >= 0.6 is 11.6 Å². The molecule has 0 fully saturated rings. The second kappa shape index (κ2) is 7.11. The lowest BCUT2D eigenvalue weighted by Crippen LogP contribution is -2.29. The van der Waals surface area contributed by atoms with Crippen LogP contribution in [0.5, 0.6) is 0 Å². The Kier molecular flexibility index (Phi) is 4.40. The van der Waals surface area contributed by atoms with Gasteiger partial charge in [-0.2, -0.15) is 0 Å².